The van der Waals surface area contributed by atoms with Crippen LogP contribution >= 0.6 is 0 Å². The molecule has 72 valence electrons. The molecular weight excluding hydrogens is 176 g/mol. The molecule has 0 amide bonds. The Labute approximate surface area is 82.2 Å². The summed E-state index contributed by atoms with van der Waals surface area (Å²) < 4.78 is 0. The van der Waals surface area contributed by atoms with E-state index in [0.29, 0.717) is 11.5 Å². The first-order chi connectivity index (χ1) is 6.68. The quantitative estimate of drug-likeness (QED) is 0.669. The molecule has 3 N–H and O–H groups in total. The largest absolute Gasteiger partial charge is 0.398 e. The van der Waals surface area contributed by atoms with E-state index in [1.54, 1.807) is 0 Å². The fourth-order valence-electron chi connectivity index (χ4n) is 1.45. The lowest BCUT2D eigenvalue weighted by molar-refractivity contribution is 1.04. The van der Waals surface area contributed by atoms with E-state index in [9.17, 15) is 0 Å². The van der Waals surface area contributed by atoms with E-state index >= 15 is 0 Å². The van der Waals surface area contributed by atoms with Crippen molar-refractivity contribution >= 4 is 5.69 Å². The van der Waals surface area contributed by atoms with E-state index < -0.39 is 0 Å². The molecule has 1 aromatic carbocycles. The highest BCUT2D eigenvalue weighted by Crippen LogP contribution is 2.25. The minimum absolute atomic E-state index is 0.665. The molecule has 1 heterocycles. The van der Waals surface area contributed by atoms with Gasteiger partial charge in [0.15, 0.2) is 5.82 Å². The summed E-state index contributed by atoms with van der Waals surface area (Å²) in [5.41, 5.74) is 8.58. The number of nitrogens with zero attached hydrogens (tertiary/aromatic N) is 2. The van der Waals surface area contributed by atoms with Gasteiger partial charge in [0.2, 0.25) is 0 Å². The zero-order valence-electron chi connectivity index (χ0n) is 8.20. The number of hydrogen-bond donors (Lipinski definition) is 2. The first-order valence-corrected chi connectivity index (χ1v) is 4.43. The van der Waals surface area contributed by atoms with Crippen molar-refractivity contribution in [1.29, 1.82) is 0 Å². The Bertz CT molecular complexity index is 439. The summed E-state index contributed by atoms with van der Waals surface area (Å²) in [5, 5.41) is 6.90. The summed E-state index contributed by atoms with van der Waals surface area (Å²) in [6.45, 7) is 3.86. The number of benzene rings is 1. The van der Waals surface area contributed by atoms with Crippen LogP contribution in [0.25, 0.3) is 11.4 Å². The lowest BCUT2D eigenvalue weighted by Crippen LogP contribution is -1.94. The number of nitrogens with two attached hydrogens (primary N) is 1. The van der Waals surface area contributed by atoms with Gasteiger partial charge in [0, 0.05) is 11.3 Å². The highest BCUT2D eigenvalue weighted by atomic mass is 15.2. The van der Waals surface area contributed by atoms with Crippen LogP contribution in [-0.2, 0) is 0 Å². The normalized spacial score (nSPS) is 10.4. The summed E-state index contributed by atoms with van der Waals surface area (Å²) in [4.78, 5) is 4.26. The standard InChI is InChI=1S/C10H12N4/c1-6-4-3-5-8(11)9(6)10-12-7(2)13-14-10/h3-5H,11H2,1-2H3,(H,12,13,14). The first-order valence-electron chi connectivity index (χ1n) is 4.43. The van der Waals surface area contributed by atoms with Gasteiger partial charge in [0.25, 0.3) is 0 Å². The van der Waals surface area contributed by atoms with Crippen LogP contribution in [0.15, 0.2) is 18.2 Å². The highest BCUT2D eigenvalue weighted by Gasteiger charge is 2.09. The van der Waals surface area contributed by atoms with Crippen molar-refractivity contribution in [2.45, 2.75) is 13.8 Å². The monoisotopic (exact) mass is 188 g/mol. The molecule has 0 saturated carbocycles. The molecule has 0 atom stereocenters. The smallest absolute Gasteiger partial charge is 0.183 e. The molecule has 0 aliphatic rings. The molecule has 0 spiro atoms. The van der Waals surface area contributed by atoms with Crippen LogP contribution < -0.4 is 5.73 Å². The van der Waals surface area contributed by atoms with Gasteiger partial charge in [-0.25, -0.2) is 4.98 Å². The molecule has 0 fully saturated rings. The number of nitrogen functional groups attached to an aromatic ring is 1. The Morgan fingerprint density at radius 1 is 1.29 bits per heavy atom. The molecule has 2 aromatic rings. The molecular formula is C10H12N4. The SMILES string of the molecule is Cc1nc(-c2c(C)cccc2N)n[nH]1. The summed E-state index contributed by atoms with van der Waals surface area (Å²) in [6, 6.07) is 5.78. The fraction of sp³-hybridized carbons (Fsp3) is 0.200. The molecule has 1 aromatic heterocycles. The number of nitrogens with one attached hydrogen (secondary N) is 1. The predicted molar refractivity (Wildman–Crippen MR) is 55.7 cm³/mol. The van der Waals surface area contributed by atoms with Gasteiger partial charge in [-0.3, -0.25) is 5.10 Å². The first kappa shape index (κ1) is 8.74. The summed E-state index contributed by atoms with van der Waals surface area (Å²) in [6.07, 6.45) is 0. The third-order valence-corrected chi connectivity index (χ3v) is 2.13. The number of aromatic amines is 1. The summed E-state index contributed by atoms with van der Waals surface area (Å²) in [5.74, 6) is 1.46. The number of hydrogen-bond acceptors (Lipinski definition) is 3. The van der Waals surface area contributed by atoms with Crippen molar-refractivity contribution in [3.63, 3.8) is 0 Å². The number of aromatic nitrogens is 3. The minimum Gasteiger partial charge on any atom is -0.398 e. The molecule has 0 radical (unpaired) electrons. The lowest BCUT2D eigenvalue weighted by atomic mass is 10.1. The molecule has 4 nitrogen and oxygen atoms in total. The van der Waals surface area contributed by atoms with Gasteiger partial charge in [-0.1, -0.05) is 12.1 Å². The minimum atomic E-state index is 0.665. The van der Waals surface area contributed by atoms with E-state index in [-0.39, 0.29) is 0 Å². The number of aryl methyl sites for hydroxylation is 2. The van der Waals surface area contributed by atoms with Gasteiger partial charge in [-0.15, -0.1) is 0 Å². The predicted octanol–water partition coefficient (Wildman–Crippen LogP) is 1.67. The van der Waals surface area contributed by atoms with Crippen LogP contribution in [0.4, 0.5) is 5.69 Å². The van der Waals surface area contributed by atoms with E-state index in [1.165, 1.54) is 0 Å². The van der Waals surface area contributed by atoms with E-state index in [0.717, 1.165) is 17.0 Å². The van der Waals surface area contributed by atoms with Crippen LogP contribution in [0.1, 0.15) is 11.4 Å². The topological polar surface area (TPSA) is 67.6 Å². The Hall–Kier alpha value is -1.84. The Balaban J connectivity index is 2.61. The van der Waals surface area contributed by atoms with Gasteiger partial charge in [-0.05, 0) is 25.5 Å². The van der Waals surface area contributed by atoms with E-state index in [2.05, 4.69) is 15.2 Å². The Morgan fingerprint density at radius 2 is 2.07 bits per heavy atom. The maximum Gasteiger partial charge on any atom is 0.183 e. The second-order valence-corrected chi connectivity index (χ2v) is 3.28. The molecule has 0 aliphatic carbocycles. The molecule has 0 unspecified atom stereocenters. The van der Waals surface area contributed by atoms with Crippen molar-refractivity contribution in [2.75, 3.05) is 5.73 Å². The molecule has 0 aliphatic heterocycles. The Kier molecular flexibility index (Phi) is 1.96. The van der Waals surface area contributed by atoms with Gasteiger partial charge in [-0.2, -0.15) is 5.10 Å². The number of rotatable bonds is 1. The lowest BCUT2D eigenvalue weighted by Gasteiger charge is -2.04. The highest BCUT2D eigenvalue weighted by molar-refractivity contribution is 5.74. The second-order valence-electron chi connectivity index (χ2n) is 3.28. The number of H-pyrrole nitrogens is 1. The van der Waals surface area contributed by atoms with E-state index in [1.807, 2.05) is 32.0 Å². The molecule has 2 rings (SSSR count). The van der Waals surface area contributed by atoms with Crippen molar-refractivity contribution < 1.29 is 0 Å². The Morgan fingerprint density at radius 3 is 2.64 bits per heavy atom. The molecule has 4 heteroatoms. The van der Waals surface area contributed by atoms with Crippen LogP contribution in [0.2, 0.25) is 0 Å². The van der Waals surface area contributed by atoms with Crippen LogP contribution in [-0.4, -0.2) is 15.2 Å². The third-order valence-electron chi connectivity index (χ3n) is 2.13. The van der Waals surface area contributed by atoms with Gasteiger partial charge in [0.1, 0.15) is 5.82 Å². The average molecular weight is 188 g/mol. The van der Waals surface area contributed by atoms with Crippen molar-refractivity contribution in [2.24, 2.45) is 0 Å². The van der Waals surface area contributed by atoms with Gasteiger partial charge >= 0.3 is 0 Å². The maximum absolute atomic E-state index is 5.87. The van der Waals surface area contributed by atoms with E-state index in [4.69, 9.17) is 5.73 Å². The maximum atomic E-state index is 5.87. The van der Waals surface area contributed by atoms with Crippen LogP contribution in [0.5, 0.6) is 0 Å². The molecule has 0 bridgehead atoms. The van der Waals surface area contributed by atoms with Crippen molar-refractivity contribution in [3.05, 3.63) is 29.6 Å². The average Bonchev–Trinajstić information content (AvgIpc) is 2.51. The zero-order chi connectivity index (χ0) is 10.1. The third kappa shape index (κ3) is 1.35. The van der Waals surface area contributed by atoms with Gasteiger partial charge in [0.05, 0.1) is 0 Å². The summed E-state index contributed by atoms with van der Waals surface area (Å²) >= 11 is 0. The zero-order valence-corrected chi connectivity index (χ0v) is 8.20. The fourth-order valence-corrected chi connectivity index (χ4v) is 1.45. The number of anilines is 1. The van der Waals surface area contributed by atoms with Crippen LogP contribution in [0.3, 0.4) is 0 Å². The van der Waals surface area contributed by atoms with Gasteiger partial charge < -0.3 is 5.73 Å². The molecule has 0 saturated heterocycles. The van der Waals surface area contributed by atoms with Crippen molar-refractivity contribution in [3.8, 4) is 11.4 Å². The molecule has 14 heavy (non-hydrogen) atoms. The van der Waals surface area contributed by atoms with Crippen molar-refractivity contribution in [1.82, 2.24) is 15.2 Å². The van der Waals surface area contributed by atoms with Crippen LogP contribution in [0, 0.1) is 13.8 Å². The summed E-state index contributed by atoms with van der Waals surface area (Å²) in [7, 11) is 0. The second kappa shape index (κ2) is 3.14.